The van der Waals surface area contributed by atoms with Crippen LogP contribution in [-0.2, 0) is 0 Å². The maximum Gasteiger partial charge on any atom is 0.0320 e. The van der Waals surface area contributed by atoms with E-state index in [-0.39, 0.29) is 0 Å². The fraction of sp³-hybridized carbons (Fsp3) is 0.647. The van der Waals surface area contributed by atoms with Crippen LogP contribution in [0.5, 0.6) is 0 Å². The number of rotatable bonds is 5. The van der Waals surface area contributed by atoms with Gasteiger partial charge < -0.3 is 5.32 Å². The van der Waals surface area contributed by atoms with Crippen LogP contribution in [-0.4, -0.2) is 30.1 Å². The Morgan fingerprint density at radius 2 is 1.84 bits per heavy atom. The Morgan fingerprint density at radius 1 is 1.11 bits per heavy atom. The monoisotopic (exact) mass is 258 g/mol. The Labute approximate surface area is 117 Å². The molecule has 19 heavy (non-hydrogen) atoms. The number of likely N-dealkylation sites (tertiary alicyclic amines) is 1. The van der Waals surface area contributed by atoms with Gasteiger partial charge in [-0.05, 0) is 51.1 Å². The molecule has 0 aromatic heterocycles. The Morgan fingerprint density at radius 3 is 2.53 bits per heavy atom. The molecule has 1 heterocycles. The van der Waals surface area contributed by atoms with Gasteiger partial charge in [-0.1, -0.05) is 30.3 Å². The lowest BCUT2D eigenvalue weighted by Gasteiger charge is -2.26. The lowest BCUT2D eigenvalue weighted by molar-refractivity contribution is 0.243. The van der Waals surface area contributed by atoms with Crippen molar-refractivity contribution < 1.29 is 0 Å². The predicted octanol–water partition coefficient (Wildman–Crippen LogP) is 3.21. The molecule has 3 atom stereocenters. The van der Waals surface area contributed by atoms with Crippen molar-refractivity contribution in [2.24, 2.45) is 5.92 Å². The van der Waals surface area contributed by atoms with Gasteiger partial charge in [0.15, 0.2) is 0 Å². The molecule has 0 amide bonds. The van der Waals surface area contributed by atoms with Gasteiger partial charge in [0.2, 0.25) is 0 Å². The summed E-state index contributed by atoms with van der Waals surface area (Å²) in [5.41, 5.74) is 1.45. The van der Waals surface area contributed by atoms with E-state index in [1.807, 2.05) is 0 Å². The molecule has 2 heteroatoms. The van der Waals surface area contributed by atoms with Crippen molar-refractivity contribution in [2.45, 2.75) is 51.2 Å². The highest BCUT2D eigenvalue weighted by atomic mass is 15.2. The van der Waals surface area contributed by atoms with Gasteiger partial charge in [-0.15, -0.1) is 0 Å². The van der Waals surface area contributed by atoms with Crippen LogP contribution < -0.4 is 5.32 Å². The Hall–Kier alpha value is -0.860. The second-order valence-corrected chi connectivity index (χ2v) is 6.36. The summed E-state index contributed by atoms with van der Waals surface area (Å²) in [5.74, 6) is 0.826. The lowest BCUT2D eigenvalue weighted by atomic mass is 10.0. The summed E-state index contributed by atoms with van der Waals surface area (Å²) in [4.78, 5) is 2.64. The molecule has 0 radical (unpaired) electrons. The molecule has 1 N–H and O–H groups in total. The topological polar surface area (TPSA) is 15.3 Å². The fourth-order valence-electron chi connectivity index (χ4n) is 3.28. The summed E-state index contributed by atoms with van der Waals surface area (Å²) >= 11 is 0. The number of nitrogens with one attached hydrogen (secondary N) is 1. The zero-order chi connectivity index (χ0) is 13.2. The molecule has 1 saturated carbocycles. The molecule has 1 aromatic carbocycles. The van der Waals surface area contributed by atoms with Crippen molar-refractivity contribution in [1.29, 1.82) is 0 Å². The van der Waals surface area contributed by atoms with Crippen LogP contribution in [0.15, 0.2) is 30.3 Å². The van der Waals surface area contributed by atoms with Gasteiger partial charge in [0.05, 0.1) is 0 Å². The first-order valence-electron chi connectivity index (χ1n) is 7.79. The van der Waals surface area contributed by atoms with Gasteiger partial charge in [0.25, 0.3) is 0 Å². The third-order valence-electron chi connectivity index (χ3n) is 4.87. The molecule has 3 rings (SSSR count). The average molecular weight is 258 g/mol. The predicted molar refractivity (Wildman–Crippen MR) is 80.2 cm³/mol. The zero-order valence-electron chi connectivity index (χ0n) is 12.2. The summed E-state index contributed by atoms with van der Waals surface area (Å²) in [6, 6.07) is 13.0. The molecule has 0 bridgehead atoms. The highest BCUT2D eigenvalue weighted by Gasteiger charge is 2.32. The van der Waals surface area contributed by atoms with Gasteiger partial charge in [0, 0.05) is 24.7 Å². The van der Waals surface area contributed by atoms with Gasteiger partial charge >= 0.3 is 0 Å². The van der Waals surface area contributed by atoms with Crippen molar-refractivity contribution >= 4 is 0 Å². The van der Waals surface area contributed by atoms with Crippen LogP contribution in [0.4, 0.5) is 0 Å². The first-order chi connectivity index (χ1) is 9.24. The molecule has 104 valence electrons. The van der Waals surface area contributed by atoms with Gasteiger partial charge in [0.1, 0.15) is 0 Å². The lowest BCUT2D eigenvalue weighted by Crippen LogP contribution is -2.36. The molecule has 2 aliphatic rings. The number of benzene rings is 1. The van der Waals surface area contributed by atoms with E-state index in [1.54, 1.807) is 0 Å². The van der Waals surface area contributed by atoms with Crippen LogP contribution in [0.3, 0.4) is 0 Å². The van der Waals surface area contributed by atoms with Crippen LogP contribution in [0.2, 0.25) is 0 Å². The normalized spacial score (nSPS) is 27.4. The van der Waals surface area contributed by atoms with Crippen molar-refractivity contribution in [3.63, 3.8) is 0 Å². The van der Waals surface area contributed by atoms with Gasteiger partial charge in [-0.3, -0.25) is 4.90 Å². The minimum Gasteiger partial charge on any atom is -0.311 e. The highest BCUT2D eigenvalue weighted by molar-refractivity contribution is 5.18. The van der Waals surface area contributed by atoms with Crippen molar-refractivity contribution in [2.75, 3.05) is 13.1 Å². The summed E-state index contributed by atoms with van der Waals surface area (Å²) < 4.78 is 0. The van der Waals surface area contributed by atoms with Gasteiger partial charge in [-0.2, -0.15) is 0 Å². The third kappa shape index (κ3) is 3.18. The van der Waals surface area contributed by atoms with Crippen LogP contribution in [0, 0.1) is 5.92 Å². The maximum absolute atomic E-state index is 3.77. The first-order valence-corrected chi connectivity index (χ1v) is 7.79. The molecule has 1 aliphatic carbocycles. The molecule has 2 nitrogen and oxygen atoms in total. The summed E-state index contributed by atoms with van der Waals surface area (Å²) in [6.45, 7) is 7.21. The van der Waals surface area contributed by atoms with Crippen LogP contribution >= 0.6 is 0 Å². The van der Waals surface area contributed by atoms with E-state index in [2.05, 4.69) is 54.4 Å². The number of hydrogen-bond acceptors (Lipinski definition) is 2. The molecule has 1 aromatic rings. The van der Waals surface area contributed by atoms with E-state index >= 15 is 0 Å². The number of hydrogen-bond donors (Lipinski definition) is 1. The van der Waals surface area contributed by atoms with E-state index in [0.29, 0.717) is 12.1 Å². The maximum atomic E-state index is 3.77. The van der Waals surface area contributed by atoms with Crippen molar-refractivity contribution in [1.82, 2.24) is 10.2 Å². The molecule has 1 saturated heterocycles. The SMILES string of the molecule is CC(NC1CC1)[C@H]1CCN([C@@H](C)c2ccccc2)C1. The van der Waals surface area contributed by atoms with E-state index < -0.39 is 0 Å². The van der Waals surface area contributed by atoms with Gasteiger partial charge in [-0.25, -0.2) is 0 Å². The summed E-state index contributed by atoms with van der Waals surface area (Å²) in [7, 11) is 0. The molecular weight excluding hydrogens is 232 g/mol. The zero-order valence-corrected chi connectivity index (χ0v) is 12.2. The molecular formula is C17H26N2. The Balaban J connectivity index is 1.56. The fourth-order valence-corrected chi connectivity index (χ4v) is 3.28. The van der Waals surface area contributed by atoms with E-state index in [1.165, 1.54) is 37.9 Å². The summed E-state index contributed by atoms with van der Waals surface area (Å²) in [5, 5.41) is 3.77. The molecule has 1 unspecified atom stereocenters. The Kier molecular flexibility index (Phi) is 3.90. The van der Waals surface area contributed by atoms with Crippen LogP contribution in [0.1, 0.15) is 44.7 Å². The van der Waals surface area contributed by atoms with Crippen LogP contribution in [0.25, 0.3) is 0 Å². The third-order valence-corrected chi connectivity index (χ3v) is 4.87. The minimum atomic E-state index is 0.555. The van der Waals surface area contributed by atoms with E-state index in [0.717, 1.165) is 12.0 Å². The standard InChI is InChI=1S/C17H26N2/c1-13(18-17-8-9-17)16-10-11-19(12-16)14(2)15-6-4-3-5-7-15/h3-7,13-14,16-18H,8-12H2,1-2H3/t13?,14-,16-/m0/s1. The second-order valence-electron chi connectivity index (χ2n) is 6.36. The van der Waals surface area contributed by atoms with Crippen molar-refractivity contribution in [3.05, 3.63) is 35.9 Å². The largest absolute Gasteiger partial charge is 0.311 e. The van der Waals surface area contributed by atoms with E-state index in [4.69, 9.17) is 0 Å². The second kappa shape index (κ2) is 5.64. The Bertz CT molecular complexity index is 399. The number of nitrogens with zero attached hydrogens (tertiary/aromatic N) is 1. The minimum absolute atomic E-state index is 0.555. The molecule has 1 aliphatic heterocycles. The molecule has 0 spiro atoms. The van der Waals surface area contributed by atoms with Crippen molar-refractivity contribution in [3.8, 4) is 0 Å². The quantitative estimate of drug-likeness (QED) is 0.872. The average Bonchev–Trinajstić information content (AvgIpc) is 3.11. The molecule has 2 fully saturated rings. The summed E-state index contributed by atoms with van der Waals surface area (Å²) in [6.07, 6.45) is 4.13. The highest BCUT2D eigenvalue weighted by Crippen LogP contribution is 2.30. The van der Waals surface area contributed by atoms with E-state index in [9.17, 15) is 0 Å². The smallest absolute Gasteiger partial charge is 0.0320 e. The first kappa shape index (κ1) is 13.1.